The van der Waals surface area contributed by atoms with Crippen LogP contribution in [0.2, 0.25) is 0 Å². The molecule has 1 aromatic heterocycles. The molecular weight excluding hydrogens is 298 g/mol. The Bertz CT molecular complexity index is 406. The van der Waals surface area contributed by atoms with Gasteiger partial charge in [0.25, 0.3) is 0 Å². The zero-order valence-corrected chi connectivity index (χ0v) is 12.0. The maximum atomic E-state index is 5.78. The van der Waals surface area contributed by atoms with Gasteiger partial charge in [-0.2, -0.15) is 0 Å². The van der Waals surface area contributed by atoms with Gasteiger partial charge in [-0.05, 0) is 15.9 Å². The summed E-state index contributed by atoms with van der Waals surface area (Å²) in [5.74, 6) is 5.78. The maximum absolute atomic E-state index is 5.78. The normalized spacial score (nSPS) is 32.7. The molecule has 0 aliphatic carbocycles. The van der Waals surface area contributed by atoms with E-state index in [1.807, 2.05) is 7.05 Å². The third-order valence-electron chi connectivity index (χ3n) is 4.01. The third-order valence-corrected chi connectivity index (χ3v) is 4.57. The highest BCUT2D eigenvalue weighted by Crippen LogP contribution is 2.29. The van der Waals surface area contributed by atoms with E-state index in [1.54, 1.807) is 4.68 Å². The molecule has 3 N–H and O–H groups in total. The molecule has 1 aromatic rings. The standard InChI is InChI=1S/C10H18BrN7/c1-16-9(10(11)14-15-16)8(13-12)7-6-17-2-4-18(7)5-3-17/h7-8,13H,2-6,12H2,1H3. The lowest BCUT2D eigenvalue weighted by molar-refractivity contribution is -0.00498. The Kier molecular flexibility index (Phi) is 3.37. The van der Waals surface area contributed by atoms with E-state index in [0.717, 1.165) is 29.9 Å². The molecule has 18 heavy (non-hydrogen) atoms. The topological polar surface area (TPSA) is 75.2 Å². The SMILES string of the molecule is Cn1nnc(Br)c1C(NN)C1CN2CCN1CC2. The van der Waals surface area contributed by atoms with Crippen molar-refractivity contribution in [2.24, 2.45) is 12.9 Å². The van der Waals surface area contributed by atoms with Crippen molar-refractivity contribution in [3.05, 3.63) is 10.3 Å². The molecule has 4 heterocycles. The summed E-state index contributed by atoms with van der Waals surface area (Å²) in [7, 11) is 1.90. The number of hydrazine groups is 1. The van der Waals surface area contributed by atoms with Gasteiger partial charge >= 0.3 is 0 Å². The second-order valence-corrected chi connectivity index (χ2v) is 5.69. The number of aromatic nitrogens is 3. The molecule has 3 saturated heterocycles. The van der Waals surface area contributed by atoms with E-state index in [4.69, 9.17) is 5.84 Å². The summed E-state index contributed by atoms with van der Waals surface area (Å²) in [5.41, 5.74) is 3.95. The lowest BCUT2D eigenvalue weighted by atomic mass is 9.98. The second kappa shape index (κ2) is 4.86. The van der Waals surface area contributed by atoms with E-state index in [1.165, 1.54) is 13.1 Å². The lowest BCUT2D eigenvalue weighted by Gasteiger charge is -2.49. The lowest BCUT2D eigenvalue weighted by Crippen LogP contribution is -2.64. The zero-order chi connectivity index (χ0) is 12.7. The number of hydrogen-bond acceptors (Lipinski definition) is 6. The van der Waals surface area contributed by atoms with Crippen LogP contribution in [0.3, 0.4) is 0 Å². The minimum absolute atomic E-state index is 0.0440. The molecule has 7 nitrogen and oxygen atoms in total. The van der Waals surface area contributed by atoms with Crippen LogP contribution in [0.4, 0.5) is 0 Å². The first-order valence-corrected chi connectivity index (χ1v) is 6.97. The molecule has 0 spiro atoms. The Morgan fingerprint density at radius 1 is 1.39 bits per heavy atom. The van der Waals surface area contributed by atoms with Crippen LogP contribution in [0.1, 0.15) is 11.7 Å². The first-order chi connectivity index (χ1) is 8.70. The molecular formula is C10H18BrN7. The molecule has 2 unspecified atom stereocenters. The Labute approximate surface area is 114 Å². The highest BCUT2D eigenvalue weighted by atomic mass is 79.9. The van der Waals surface area contributed by atoms with Crippen LogP contribution < -0.4 is 11.3 Å². The molecule has 4 rings (SSSR count). The number of hydrogen-bond donors (Lipinski definition) is 2. The average molecular weight is 316 g/mol. The number of nitrogens with zero attached hydrogens (tertiary/aromatic N) is 5. The van der Waals surface area contributed by atoms with Gasteiger partial charge in [0, 0.05) is 45.8 Å². The van der Waals surface area contributed by atoms with Crippen molar-refractivity contribution in [3.63, 3.8) is 0 Å². The Morgan fingerprint density at radius 3 is 2.56 bits per heavy atom. The quantitative estimate of drug-likeness (QED) is 0.555. The van der Waals surface area contributed by atoms with Gasteiger partial charge in [0.2, 0.25) is 0 Å². The number of piperazine rings is 3. The molecule has 0 amide bonds. The van der Waals surface area contributed by atoms with Gasteiger partial charge in [-0.3, -0.25) is 15.6 Å². The van der Waals surface area contributed by atoms with Crippen LogP contribution >= 0.6 is 15.9 Å². The van der Waals surface area contributed by atoms with Crippen LogP contribution in [-0.4, -0.2) is 63.6 Å². The van der Waals surface area contributed by atoms with Gasteiger partial charge in [0.05, 0.1) is 11.7 Å². The fraction of sp³-hybridized carbons (Fsp3) is 0.800. The third kappa shape index (κ3) is 1.97. The van der Waals surface area contributed by atoms with Gasteiger partial charge in [0.1, 0.15) is 0 Å². The first-order valence-electron chi connectivity index (χ1n) is 6.18. The number of rotatable bonds is 3. The Balaban J connectivity index is 1.89. The van der Waals surface area contributed by atoms with Gasteiger partial charge in [-0.25, -0.2) is 10.1 Å². The molecule has 3 fully saturated rings. The monoisotopic (exact) mass is 315 g/mol. The molecule has 3 aliphatic heterocycles. The van der Waals surface area contributed by atoms with Crippen LogP contribution in [0.25, 0.3) is 0 Å². The van der Waals surface area contributed by atoms with Crippen molar-refractivity contribution in [2.45, 2.75) is 12.1 Å². The maximum Gasteiger partial charge on any atom is 0.153 e. The minimum Gasteiger partial charge on any atom is -0.299 e. The second-order valence-electron chi connectivity index (χ2n) is 4.94. The highest BCUT2D eigenvalue weighted by molar-refractivity contribution is 9.10. The number of nitrogens with one attached hydrogen (secondary N) is 1. The van der Waals surface area contributed by atoms with Crippen LogP contribution in [-0.2, 0) is 7.05 Å². The summed E-state index contributed by atoms with van der Waals surface area (Å²) < 4.78 is 2.55. The van der Waals surface area contributed by atoms with Crippen LogP contribution in [0.15, 0.2) is 4.60 Å². The van der Waals surface area contributed by atoms with Crippen molar-refractivity contribution in [1.82, 2.24) is 30.2 Å². The summed E-state index contributed by atoms with van der Waals surface area (Å²) in [5, 5.41) is 8.08. The van der Waals surface area contributed by atoms with Crippen molar-refractivity contribution in [2.75, 3.05) is 32.7 Å². The molecule has 0 radical (unpaired) electrons. The van der Waals surface area contributed by atoms with Crippen molar-refractivity contribution in [1.29, 1.82) is 0 Å². The predicted octanol–water partition coefficient (Wildman–Crippen LogP) is -0.918. The van der Waals surface area contributed by atoms with Crippen molar-refractivity contribution in [3.8, 4) is 0 Å². The molecule has 100 valence electrons. The summed E-state index contributed by atoms with van der Waals surface area (Å²) in [6.45, 7) is 5.61. The molecule has 0 saturated carbocycles. The zero-order valence-electron chi connectivity index (χ0n) is 10.4. The smallest absolute Gasteiger partial charge is 0.153 e. The minimum atomic E-state index is 0.0440. The van der Waals surface area contributed by atoms with Gasteiger partial charge < -0.3 is 0 Å². The van der Waals surface area contributed by atoms with Crippen molar-refractivity contribution >= 4 is 15.9 Å². The summed E-state index contributed by atoms with van der Waals surface area (Å²) in [6, 6.07) is 0.425. The van der Waals surface area contributed by atoms with Crippen LogP contribution in [0, 0.1) is 0 Å². The first kappa shape index (κ1) is 12.5. The largest absolute Gasteiger partial charge is 0.299 e. The molecule has 3 aliphatic rings. The van der Waals surface area contributed by atoms with E-state index in [2.05, 4.69) is 41.5 Å². The van der Waals surface area contributed by atoms with E-state index in [9.17, 15) is 0 Å². The highest BCUT2D eigenvalue weighted by Gasteiger charge is 2.39. The van der Waals surface area contributed by atoms with Crippen LogP contribution in [0.5, 0.6) is 0 Å². The summed E-state index contributed by atoms with van der Waals surface area (Å²) in [6.07, 6.45) is 0. The number of nitrogens with two attached hydrogens (primary N) is 1. The van der Waals surface area contributed by atoms with E-state index >= 15 is 0 Å². The molecule has 2 atom stereocenters. The van der Waals surface area contributed by atoms with Gasteiger partial charge in [0.15, 0.2) is 4.60 Å². The predicted molar refractivity (Wildman–Crippen MR) is 70.6 cm³/mol. The number of halogens is 1. The average Bonchev–Trinajstić information content (AvgIpc) is 2.73. The Hall–Kier alpha value is -0.540. The van der Waals surface area contributed by atoms with E-state index < -0.39 is 0 Å². The molecule has 0 aromatic carbocycles. The van der Waals surface area contributed by atoms with E-state index in [0.29, 0.717) is 6.04 Å². The molecule has 2 bridgehead atoms. The fourth-order valence-corrected chi connectivity index (χ4v) is 3.59. The Morgan fingerprint density at radius 2 is 2.11 bits per heavy atom. The number of aryl methyl sites for hydroxylation is 1. The summed E-state index contributed by atoms with van der Waals surface area (Å²) in [4.78, 5) is 5.00. The molecule has 8 heteroatoms. The summed E-state index contributed by atoms with van der Waals surface area (Å²) >= 11 is 3.46. The number of fused-ring (bicyclic) bond motifs is 3. The van der Waals surface area contributed by atoms with E-state index in [-0.39, 0.29) is 6.04 Å². The van der Waals surface area contributed by atoms with Gasteiger partial charge in [-0.15, -0.1) is 5.10 Å². The van der Waals surface area contributed by atoms with Crippen molar-refractivity contribution < 1.29 is 0 Å². The van der Waals surface area contributed by atoms with Gasteiger partial charge in [-0.1, -0.05) is 5.21 Å². The fourth-order valence-electron chi connectivity index (χ4n) is 3.01.